The van der Waals surface area contributed by atoms with Crippen LogP contribution in [0.25, 0.3) is 0 Å². The molecule has 0 spiro atoms. The van der Waals surface area contributed by atoms with Crippen LogP contribution in [-0.2, 0) is 0 Å². The Bertz CT molecular complexity index is 300. The Kier molecular flexibility index (Phi) is 11.5. The lowest BCUT2D eigenvalue weighted by molar-refractivity contribution is 0.420. The third kappa shape index (κ3) is 9.96. The van der Waals surface area contributed by atoms with Gasteiger partial charge in [0.1, 0.15) is 0 Å². The molecule has 1 aliphatic carbocycles. The van der Waals surface area contributed by atoms with Crippen molar-refractivity contribution in [2.24, 2.45) is 0 Å². The minimum atomic E-state index is 1.01. The Morgan fingerprint density at radius 1 is 0.826 bits per heavy atom. The van der Waals surface area contributed by atoms with Gasteiger partial charge in [-0.2, -0.15) is 11.8 Å². The van der Waals surface area contributed by atoms with Crippen LogP contribution in [0.4, 0.5) is 0 Å². The quantitative estimate of drug-likeness (QED) is 0.326. The average molecular weight is 356 g/mol. The van der Waals surface area contributed by atoms with Crippen LogP contribution < -0.4 is 0 Å². The fraction of sp³-hybridized carbons (Fsp3) is 0.900. The summed E-state index contributed by atoms with van der Waals surface area (Å²) in [6, 6.07) is 0. The SMILES string of the molecule is C1=CN(CCCCCCCCCCCSC2CCCCC2)CS1. The van der Waals surface area contributed by atoms with Crippen LogP contribution in [0.15, 0.2) is 11.6 Å². The van der Waals surface area contributed by atoms with Gasteiger partial charge in [0, 0.05) is 18.0 Å². The van der Waals surface area contributed by atoms with Crippen molar-refractivity contribution >= 4 is 23.5 Å². The van der Waals surface area contributed by atoms with Gasteiger partial charge in [-0.05, 0) is 36.8 Å². The lowest BCUT2D eigenvalue weighted by Gasteiger charge is -2.20. The molecule has 1 heterocycles. The Morgan fingerprint density at radius 2 is 1.48 bits per heavy atom. The second-order valence-electron chi connectivity index (χ2n) is 7.21. The van der Waals surface area contributed by atoms with E-state index in [1.165, 1.54) is 108 Å². The summed E-state index contributed by atoms with van der Waals surface area (Å²) in [5.41, 5.74) is 0. The highest BCUT2D eigenvalue weighted by molar-refractivity contribution is 8.02. The smallest absolute Gasteiger partial charge is 0.0675 e. The normalized spacial score (nSPS) is 18.9. The average Bonchev–Trinajstić information content (AvgIpc) is 3.10. The Labute approximate surface area is 153 Å². The molecule has 0 aromatic rings. The van der Waals surface area contributed by atoms with Gasteiger partial charge >= 0.3 is 0 Å². The van der Waals surface area contributed by atoms with Crippen molar-refractivity contribution in [2.45, 2.75) is 95.1 Å². The molecule has 1 saturated carbocycles. The topological polar surface area (TPSA) is 3.24 Å². The van der Waals surface area contributed by atoms with E-state index in [1.54, 1.807) is 0 Å². The van der Waals surface area contributed by atoms with Crippen LogP contribution in [0.1, 0.15) is 89.9 Å². The highest BCUT2D eigenvalue weighted by Crippen LogP contribution is 2.28. The molecule has 0 aromatic heterocycles. The number of thioether (sulfide) groups is 2. The van der Waals surface area contributed by atoms with E-state index in [9.17, 15) is 0 Å². The zero-order valence-corrected chi connectivity index (χ0v) is 16.6. The molecule has 1 fully saturated rings. The summed E-state index contributed by atoms with van der Waals surface area (Å²) in [5.74, 6) is 2.60. The highest BCUT2D eigenvalue weighted by Gasteiger charge is 2.12. The molecule has 2 rings (SSSR count). The van der Waals surface area contributed by atoms with Gasteiger partial charge in [0.15, 0.2) is 0 Å². The van der Waals surface area contributed by atoms with Gasteiger partial charge < -0.3 is 4.90 Å². The number of hydrogen-bond donors (Lipinski definition) is 0. The number of nitrogens with zero attached hydrogens (tertiary/aromatic N) is 1. The summed E-state index contributed by atoms with van der Waals surface area (Å²) in [4.78, 5) is 2.44. The molecule has 1 nitrogen and oxygen atoms in total. The first-order valence-corrected chi connectivity index (χ1v) is 12.2. The molecule has 134 valence electrons. The second kappa shape index (κ2) is 13.5. The summed E-state index contributed by atoms with van der Waals surface area (Å²) < 4.78 is 0. The van der Waals surface area contributed by atoms with Crippen LogP contribution in [-0.4, -0.2) is 28.3 Å². The maximum Gasteiger partial charge on any atom is 0.0675 e. The third-order valence-corrected chi connectivity index (χ3v) is 7.37. The van der Waals surface area contributed by atoms with Crippen molar-refractivity contribution in [1.29, 1.82) is 0 Å². The highest BCUT2D eigenvalue weighted by atomic mass is 32.2. The predicted molar refractivity (Wildman–Crippen MR) is 109 cm³/mol. The van der Waals surface area contributed by atoms with Gasteiger partial charge in [-0.15, -0.1) is 11.8 Å². The molecular weight excluding hydrogens is 318 g/mol. The van der Waals surface area contributed by atoms with Gasteiger partial charge in [0.2, 0.25) is 0 Å². The van der Waals surface area contributed by atoms with E-state index in [0.717, 1.165) is 5.25 Å². The van der Waals surface area contributed by atoms with E-state index in [2.05, 4.69) is 28.3 Å². The van der Waals surface area contributed by atoms with Gasteiger partial charge in [0.05, 0.1) is 5.88 Å². The zero-order chi connectivity index (χ0) is 16.0. The Balaban J connectivity index is 1.25. The molecule has 0 amide bonds. The minimum absolute atomic E-state index is 1.01. The van der Waals surface area contributed by atoms with Crippen LogP contribution >= 0.6 is 23.5 Å². The van der Waals surface area contributed by atoms with E-state index >= 15 is 0 Å². The summed E-state index contributed by atoms with van der Waals surface area (Å²) in [5, 5.41) is 3.23. The van der Waals surface area contributed by atoms with E-state index in [0.29, 0.717) is 0 Å². The molecule has 23 heavy (non-hydrogen) atoms. The van der Waals surface area contributed by atoms with Crippen LogP contribution in [0.2, 0.25) is 0 Å². The Hall–Kier alpha value is 0.240. The molecule has 2 aliphatic rings. The fourth-order valence-electron chi connectivity index (χ4n) is 3.59. The summed E-state index contributed by atoms with van der Waals surface area (Å²) in [6.45, 7) is 1.27. The first-order valence-electron chi connectivity index (χ1n) is 10.1. The number of unbranched alkanes of at least 4 members (excludes halogenated alkanes) is 8. The fourth-order valence-corrected chi connectivity index (χ4v) is 5.71. The van der Waals surface area contributed by atoms with Crippen molar-refractivity contribution in [2.75, 3.05) is 18.2 Å². The molecule has 0 saturated heterocycles. The zero-order valence-electron chi connectivity index (χ0n) is 15.0. The Morgan fingerprint density at radius 3 is 2.13 bits per heavy atom. The van der Waals surface area contributed by atoms with E-state index in [-0.39, 0.29) is 0 Å². The lowest BCUT2D eigenvalue weighted by Crippen LogP contribution is -2.14. The number of rotatable bonds is 13. The minimum Gasteiger partial charge on any atom is -0.367 e. The van der Waals surface area contributed by atoms with Gasteiger partial charge in [-0.3, -0.25) is 0 Å². The molecule has 0 bridgehead atoms. The van der Waals surface area contributed by atoms with Crippen molar-refractivity contribution in [3.8, 4) is 0 Å². The molecule has 0 atom stereocenters. The van der Waals surface area contributed by atoms with Crippen LogP contribution in [0, 0.1) is 0 Å². The predicted octanol–water partition coefficient (Wildman–Crippen LogP) is 7.04. The van der Waals surface area contributed by atoms with E-state index < -0.39 is 0 Å². The molecule has 1 aliphatic heterocycles. The molecule has 0 aromatic carbocycles. The maximum atomic E-state index is 2.44. The summed E-state index contributed by atoms with van der Waals surface area (Å²) >= 11 is 4.19. The van der Waals surface area contributed by atoms with E-state index in [1.807, 2.05) is 11.8 Å². The number of hydrogen-bond acceptors (Lipinski definition) is 3. The van der Waals surface area contributed by atoms with Crippen molar-refractivity contribution in [3.63, 3.8) is 0 Å². The largest absolute Gasteiger partial charge is 0.367 e. The van der Waals surface area contributed by atoms with Gasteiger partial charge in [-0.25, -0.2) is 0 Å². The molecular formula is C20H37NS2. The first kappa shape index (κ1) is 19.6. The molecule has 0 radical (unpaired) electrons. The second-order valence-corrected chi connectivity index (χ2v) is 9.48. The third-order valence-electron chi connectivity index (χ3n) is 5.10. The summed E-state index contributed by atoms with van der Waals surface area (Å²) in [6.07, 6.45) is 22.8. The maximum absolute atomic E-state index is 2.44. The lowest BCUT2D eigenvalue weighted by atomic mass is 10.0. The van der Waals surface area contributed by atoms with Crippen molar-refractivity contribution < 1.29 is 0 Å². The molecule has 0 N–H and O–H groups in total. The standard InChI is InChI=1S/C20H37NS2/c1(2-4-6-11-15-21-16-18-22-19-21)3-5-7-12-17-23-20-13-9-8-10-14-20/h16,18,20H,1-15,17,19H2. The van der Waals surface area contributed by atoms with Crippen LogP contribution in [0.3, 0.4) is 0 Å². The van der Waals surface area contributed by atoms with Gasteiger partial charge in [0.25, 0.3) is 0 Å². The van der Waals surface area contributed by atoms with Gasteiger partial charge in [-0.1, -0.05) is 64.2 Å². The monoisotopic (exact) mass is 355 g/mol. The first-order chi connectivity index (χ1) is 11.4. The molecule has 0 unspecified atom stereocenters. The molecule has 3 heteroatoms. The van der Waals surface area contributed by atoms with Crippen molar-refractivity contribution in [3.05, 3.63) is 11.6 Å². The van der Waals surface area contributed by atoms with Crippen LogP contribution in [0.5, 0.6) is 0 Å². The van der Waals surface area contributed by atoms with Crippen molar-refractivity contribution in [1.82, 2.24) is 4.90 Å². The van der Waals surface area contributed by atoms with E-state index in [4.69, 9.17) is 0 Å². The summed E-state index contributed by atoms with van der Waals surface area (Å²) in [7, 11) is 0.